The molecule has 0 aromatic heterocycles. The molecule has 1 aliphatic carbocycles. The first-order chi connectivity index (χ1) is 8.13. The number of rotatable bonds is 4. The Balaban J connectivity index is 1.96. The van der Waals surface area contributed by atoms with Crippen molar-refractivity contribution in [1.82, 2.24) is 4.90 Å². The van der Waals surface area contributed by atoms with E-state index in [0.29, 0.717) is 6.04 Å². The second-order valence-corrected chi connectivity index (χ2v) is 5.70. The fourth-order valence-electron chi connectivity index (χ4n) is 2.70. The third-order valence-electron chi connectivity index (χ3n) is 3.49. The Morgan fingerprint density at radius 3 is 2.76 bits per heavy atom. The van der Waals surface area contributed by atoms with Gasteiger partial charge in [-0.1, -0.05) is 19.1 Å². The van der Waals surface area contributed by atoms with Gasteiger partial charge < -0.3 is 10.2 Å². The molecule has 1 saturated carbocycles. The van der Waals surface area contributed by atoms with Gasteiger partial charge in [0.15, 0.2) is 0 Å². The lowest BCUT2D eigenvalue weighted by molar-refractivity contribution is 0.402. The number of nitrogens with zero attached hydrogens (tertiary/aromatic N) is 1. The van der Waals surface area contributed by atoms with Crippen LogP contribution >= 0.6 is 0 Å². The molecule has 1 N–H and O–H groups in total. The molecule has 1 fully saturated rings. The lowest BCUT2D eigenvalue weighted by Gasteiger charge is -2.16. The molecule has 2 atom stereocenters. The molecule has 0 amide bonds. The van der Waals surface area contributed by atoms with Gasteiger partial charge in [-0.2, -0.15) is 0 Å². The summed E-state index contributed by atoms with van der Waals surface area (Å²) in [6, 6.07) is 9.49. The lowest BCUT2D eigenvalue weighted by Crippen LogP contribution is -2.16. The van der Waals surface area contributed by atoms with E-state index in [0.717, 1.165) is 12.5 Å². The molecular formula is C15H24N2. The SMILES string of the molecule is CC1CCC(Nc2cccc(CN(C)C)c2)C1. The number of anilines is 1. The minimum atomic E-state index is 0.680. The summed E-state index contributed by atoms with van der Waals surface area (Å²) in [6.45, 7) is 3.36. The summed E-state index contributed by atoms with van der Waals surface area (Å²) in [5.74, 6) is 0.887. The molecule has 2 heteroatoms. The van der Waals surface area contributed by atoms with E-state index in [2.05, 4.69) is 55.5 Å². The van der Waals surface area contributed by atoms with Crippen LogP contribution in [0.25, 0.3) is 0 Å². The minimum Gasteiger partial charge on any atom is -0.382 e. The van der Waals surface area contributed by atoms with E-state index >= 15 is 0 Å². The summed E-state index contributed by atoms with van der Waals surface area (Å²) in [5, 5.41) is 3.67. The van der Waals surface area contributed by atoms with Crippen LogP contribution in [-0.4, -0.2) is 25.0 Å². The summed E-state index contributed by atoms with van der Waals surface area (Å²) in [6.07, 6.45) is 4.01. The topological polar surface area (TPSA) is 15.3 Å². The van der Waals surface area contributed by atoms with Crippen molar-refractivity contribution >= 4 is 5.69 Å². The predicted octanol–water partition coefficient (Wildman–Crippen LogP) is 3.35. The monoisotopic (exact) mass is 232 g/mol. The summed E-state index contributed by atoms with van der Waals surface area (Å²) in [7, 11) is 4.22. The average molecular weight is 232 g/mol. The van der Waals surface area contributed by atoms with Gasteiger partial charge >= 0.3 is 0 Å². The summed E-state index contributed by atoms with van der Waals surface area (Å²) < 4.78 is 0. The molecule has 0 spiro atoms. The fraction of sp³-hybridized carbons (Fsp3) is 0.600. The molecule has 0 aliphatic heterocycles. The van der Waals surface area contributed by atoms with Crippen molar-refractivity contribution in [3.05, 3.63) is 29.8 Å². The normalized spacial score (nSPS) is 24.2. The van der Waals surface area contributed by atoms with E-state index < -0.39 is 0 Å². The second kappa shape index (κ2) is 5.54. The molecule has 0 heterocycles. The zero-order valence-corrected chi connectivity index (χ0v) is 11.2. The van der Waals surface area contributed by atoms with Gasteiger partial charge in [0.1, 0.15) is 0 Å². The van der Waals surface area contributed by atoms with Crippen LogP contribution in [0, 0.1) is 5.92 Å². The van der Waals surface area contributed by atoms with Gasteiger partial charge in [0, 0.05) is 18.3 Å². The van der Waals surface area contributed by atoms with Crippen molar-refractivity contribution in [3.63, 3.8) is 0 Å². The Bertz CT molecular complexity index is 360. The van der Waals surface area contributed by atoms with Crippen LogP contribution in [0.15, 0.2) is 24.3 Å². The highest BCUT2D eigenvalue weighted by molar-refractivity contribution is 5.46. The van der Waals surface area contributed by atoms with Crippen molar-refractivity contribution in [2.24, 2.45) is 5.92 Å². The highest BCUT2D eigenvalue weighted by Gasteiger charge is 2.20. The maximum atomic E-state index is 3.67. The highest BCUT2D eigenvalue weighted by atomic mass is 15.0. The van der Waals surface area contributed by atoms with Gasteiger partial charge in [0.05, 0.1) is 0 Å². The number of benzene rings is 1. The summed E-state index contributed by atoms with van der Waals surface area (Å²) in [4.78, 5) is 2.21. The van der Waals surface area contributed by atoms with Crippen molar-refractivity contribution in [2.75, 3.05) is 19.4 Å². The van der Waals surface area contributed by atoms with E-state index in [1.807, 2.05) is 0 Å². The molecule has 0 radical (unpaired) electrons. The lowest BCUT2D eigenvalue weighted by atomic mass is 10.1. The number of hydrogen-bond donors (Lipinski definition) is 1. The minimum absolute atomic E-state index is 0.680. The smallest absolute Gasteiger partial charge is 0.0345 e. The molecule has 1 aromatic carbocycles. The van der Waals surface area contributed by atoms with Crippen LogP contribution in [0.4, 0.5) is 5.69 Å². The van der Waals surface area contributed by atoms with Crippen LogP contribution < -0.4 is 5.32 Å². The van der Waals surface area contributed by atoms with E-state index in [9.17, 15) is 0 Å². The van der Waals surface area contributed by atoms with Gasteiger partial charge in [-0.15, -0.1) is 0 Å². The molecule has 2 nitrogen and oxygen atoms in total. The quantitative estimate of drug-likeness (QED) is 0.856. The van der Waals surface area contributed by atoms with Crippen molar-refractivity contribution < 1.29 is 0 Å². The van der Waals surface area contributed by atoms with E-state index in [1.54, 1.807) is 0 Å². The molecular weight excluding hydrogens is 208 g/mol. The number of nitrogens with one attached hydrogen (secondary N) is 1. The van der Waals surface area contributed by atoms with E-state index in [1.165, 1.54) is 30.5 Å². The van der Waals surface area contributed by atoms with Gasteiger partial charge in [-0.25, -0.2) is 0 Å². The summed E-state index contributed by atoms with van der Waals surface area (Å²) >= 11 is 0. The highest BCUT2D eigenvalue weighted by Crippen LogP contribution is 2.27. The largest absolute Gasteiger partial charge is 0.382 e. The molecule has 0 bridgehead atoms. The first kappa shape index (κ1) is 12.4. The summed E-state index contributed by atoms with van der Waals surface area (Å²) in [5.41, 5.74) is 2.66. The fourth-order valence-corrected chi connectivity index (χ4v) is 2.70. The second-order valence-electron chi connectivity index (χ2n) is 5.70. The number of hydrogen-bond acceptors (Lipinski definition) is 2. The first-order valence-corrected chi connectivity index (χ1v) is 6.63. The van der Waals surface area contributed by atoms with Gasteiger partial charge in [-0.3, -0.25) is 0 Å². The van der Waals surface area contributed by atoms with Crippen LogP contribution in [0.1, 0.15) is 31.7 Å². The van der Waals surface area contributed by atoms with Crippen molar-refractivity contribution in [2.45, 2.75) is 38.8 Å². The average Bonchev–Trinajstić information content (AvgIpc) is 2.63. The Labute approximate surface area is 105 Å². The third kappa shape index (κ3) is 3.74. The predicted molar refractivity (Wildman–Crippen MR) is 74.3 cm³/mol. The molecule has 2 unspecified atom stereocenters. The molecule has 94 valence electrons. The molecule has 1 aliphatic rings. The molecule has 2 rings (SSSR count). The first-order valence-electron chi connectivity index (χ1n) is 6.63. The van der Waals surface area contributed by atoms with Gasteiger partial charge in [0.25, 0.3) is 0 Å². The molecule has 0 saturated heterocycles. The maximum absolute atomic E-state index is 3.67. The maximum Gasteiger partial charge on any atom is 0.0345 e. The van der Waals surface area contributed by atoms with Gasteiger partial charge in [0.2, 0.25) is 0 Å². The Hall–Kier alpha value is -1.02. The van der Waals surface area contributed by atoms with Crippen molar-refractivity contribution in [1.29, 1.82) is 0 Å². The van der Waals surface area contributed by atoms with Crippen LogP contribution in [0.2, 0.25) is 0 Å². The Morgan fingerprint density at radius 1 is 1.29 bits per heavy atom. The zero-order valence-electron chi connectivity index (χ0n) is 11.2. The van der Waals surface area contributed by atoms with Crippen LogP contribution in [-0.2, 0) is 6.54 Å². The van der Waals surface area contributed by atoms with Crippen LogP contribution in [0.5, 0.6) is 0 Å². The molecule has 17 heavy (non-hydrogen) atoms. The Morgan fingerprint density at radius 2 is 2.12 bits per heavy atom. The third-order valence-corrected chi connectivity index (χ3v) is 3.49. The zero-order chi connectivity index (χ0) is 12.3. The van der Waals surface area contributed by atoms with E-state index in [4.69, 9.17) is 0 Å². The Kier molecular flexibility index (Phi) is 4.06. The van der Waals surface area contributed by atoms with E-state index in [-0.39, 0.29) is 0 Å². The standard InChI is InChI=1S/C15H24N2/c1-12-7-8-15(9-12)16-14-6-4-5-13(10-14)11-17(2)3/h4-6,10,12,15-16H,7-9,11H2,1-3H3. The molecule has 1 aromatic rings. The van der Waals surface area contributed by atoms with Crippen molar-refractivity contribution in [3.8, 4) is 0 Å². The van der Waals surface area contributed by atoms with Crippen LogP contribution in [0.3, 0.4) is 0 Å². The van der Waals surface area contributed by atoms with Gasteiger partial charge in [-0.05, 0) is 57.0 Å².